The van der Waals surface area contributed by atoms with E-state index in [1.807, 2.05) is 0 Å². The van der Waals surface area contributed by atoms with E-state index in [0.717, 1.165) is 63.2 Å². The van der Waals surface area contributed by atoms with Crippen molar-refractivity contribution in [3.63, 3.8) is 0 Å². The van der Waals surface area contributed by atoms with Crippen LogP contribution >= 0.6 is 0 Å². The van der Waals surface area contributed by atoms with E-state index >= 15 is 0 Å². The molecule has 5 rings (SSSR count). The van der Waals surface area contributed by atoms with Gasteiger partial charge in [0.2, 0.25) is 23.3 Å². The lowest BCUT2D eigenvalue weighted by Gasteiger charge is -2.32. The highest BCUT2D eigenvalue weighted by molar-refractivity contribution is 5.76. The van der Waals surface area contributed by atoms with Gasteiger partial charge in [-0.15, -0.1) is 0 Å². The zero-order valence-corrected chi connectivity index (χ0v) is 27.9. The predicted octanol–water partition coefficient (Wildman–Crippen LogP) is 9.61. The maximum Gasteiger partial charge on any atom is 0.314 e. The molecule has 0 aromatic heterocycles. The molecule has 3 aliphatic rings. The van der Waals surface area contributed by atoms with Crippen LogP contribution in [-0.4, -0.2) is 26.2 Å². The molecule has 0 amide bonds. The summed E-state index contributed by atoms with van der Waals surface area (Å²) in [6.07, 6.45) is 13.6. The van der Waals surface area contributed by atoms with Crippen molar-refractivity contribution in [2.75, 3.05) is 14.2 Å². The van der Waals surface area contributed by atoms with Crippen LogP contribution in [0.3, 0.4) is 0 Å². The minimum Gasteiger partial charge on any atom is -0.494 e. The molecule has 0 saturated heterocycles. The number of ether oxygens (including phenoxy) is 4. The van der Waals surface area contributed by atoms with Crippen molar-refractivity contribution in [3.05, 3.63) is 47.5 Å². The van der Waals surface area contributed by atoms with Crippen LogP contribution in [0.5, 0.6) is 23.0 Å². The average molecular weight is 665 g/mol. The molecule has 0 unspecified atom stereocenters. The molecule has 2 aromatic rings. The summed E-state index contributed by atoms with van der Waals surface area (Å²) in [5.74, 6) is -4.20. The first-order chi connectivity index (χ1) is 22.5. The number of hydrogen-bond acceptors (Lipinski definition) is 6. The highest BCUT2D eigenvalue weighted by atomic mass is 19.2. The molecule has 0 atom stereocenters. The molecule has 6 nitrogen and oxygen atoms in total. The fraction of sp³-hybridized carbons (Fsp3) is 0.622. The summed E-state index contributed by atoms with van der Waals surface area (Å²) < 4.78 is 74.5. The molecule has 0 spiro atoms. The number of halogens is 4. The van der Waals surface area contributed by atoms with Gasteiger partial charge in [-0.2, -0.15) is 17.6 Å². The van der Waals surface area contributed by atoms with Crippen LogP contribution in [0.25, 0.3) is 0 Å². The predicted molar refractivity (Wildman–Crippen MR) is 169 cm³/mol. The van der Waals surface area contributed by atoms with Crippen LogP contribution in [-0.2, 0) is 9.59 Å². The second-order valence-corrected chi connectivity index (χ2v) is 13.7. The second kappa shape index (κ2) is 17.2. The second-order valence-electron chi connectivity index (χ2n) is 13.7. The van der Waals surface area contributed by atoms with E-state index in [1.54, 1.807) is 0 Å². The van der Waals surface area contributed by atoms with E-state index in [9.17, 15) is 27.2 Å². The summed E-state index contributed by atoms with van der Waals surface area (Å²) in [7, 11) is 2.50. The number of benzene rings is 2. The van der Waals surface area contributed by atoms with Crippen molar-refractivity contribution in [1.82, 2.24) is 0 Å². The molecule has 3 saturated carbocycles. The standard InChI is InChI=1S/C22H30F2O3.C15H18F2O3/c1-14-3-5-15(6-4-14)13-16-7-9-17(10-8-16)22(25)27-19-12-11-18(26-2)20(23)21(19)24;1-9-3-5-10(6-4-9)15(18)20-12-8-7-11(19-2)13(16)14(12)17/h11-12,14-17H,3-10,13H2,1-2H3;7-10H,3-6H2,1-2H3. The molecular formula is C37H48F4O6. The largest absolute Gasteiger partial charge is 0.494 e. The zero-order valence-electron chi connectivity index (χ0n) is 27.9. The third kappa shape index (κ3) is 9.86. The first-order valence-corrected chi connectivity index (χ1v) is 17.0. The van der Waals surface area contributed by atoms with E-state index in [-0.39, 0.29) is 34.8 Å². The minimum atomic E-state index is -1.19. The van der Waals surface area contributed by atoms with Crippen molar-refractivity contribution < 1.29 is 46.1 Å². The highest BCUT2D eigenvalue weighted by Gasteiger charge is 2.31. The van der Waals surface area contributed by atoms with Gasteiger partial charge in [0.05, 0.1) is 26.1 Å². The van der Waals surface area contributed by atoms with Gasteiger partial charge in [0.15, 0.2) is 23.0 Å². The van der Waals surface area contributed by atoms with E-state index in [1.165, 1.54) is 70.6 Å². The molecule has 260 valence electrons. The Balaban J connectivity index is 0.000000223. The quantitative estimate of drug-likeness (QED) is 0.159. The number of methoxy groups -OCH3 is 2. The monoisotopic (exact) mass is 664 g/mol. The van der Waals surface area contributed by atoms with E-state index < -0.39 is 35.2 Å². The van der Waals surface area contributed by atoms with Gasteiger partial charge in [-0.3, -0.25) is 9.59 Å². The van der Waals surface area contributed by atoms with Crippen LogP contribution in [0.2, 0.25) is 0 Å². The van der Waals surface area contributed by atoms with E-state index in [4.69, 9.17) is 14.2 Å². The Hall–Kier alpha value is -3.30. The Bertz CT molecular complexity index is 1340. The maximum absolute atomic E-state index is 14.0. The van der Waals surface area contributed by atoms with E-state index in [0.29, 0.717) is 11.8 Å². The van der Waals surface area contributed by atoms with Gasteiger partial charge in [0, 0.05) is 0 Å². The molecule has 0 heterocycles. The van der Waals surface area contributed by atoms with Crippen LogP contribution in [0, 0.1) is 58.8 Å². The fourth-order valence-corrected chi connectivity index (χ4v) is 7.05. The average Bonchev–Trinajstić information content (AvgIpc) is 3.07. The van der Waals surface area contributed by atoms with E-state index in [2.05, 4.69) is 18.6 Å². The molecule has 3 fully saturated rings. The molecule has 0 aliphatic heterocycles. The Morgan fingerprint density at radius 2 is 0.830 bits per heavy atom. The van der Waals surface area contributed by atoms with Crippen LogP contribution in [0.1, 0.15) is 97.3 Å². The summed E-state index contributed by atoms with van der Waals surface area (Å²) in [4.78, 5) is 24.3. The van der Waals surface area contributed by atoms with Gasteiger partial charge < -0.3 is 18.9 Å². The molecule has 2 aromatic carbocycles. The first kappa shape index (κ1) is 36.5. The van der Waals surface area contributed by atoms with Crippen LogP contribution in [0.4, 0.5) is 17.6 Å². The van der Waals surface area contributed by atoms with Gasteiger partial charge in [-0.05, 0) is 106 Å². The van der Waals surface area contributed by atoms with Crippen molar-refractivity contribution in [2.24, 2.45) is 35.5 Å². The Labute approximate surface area is 275 Å². The number of esters is 2. The zero-order chi connectivity index (χ0) is 34.1. The number of hydrogen-bond donors (Lipinski definition) is 0. The van der Waals surface area contributed by atoms with Crippen molar-refractivity contribution in [1.29, 1.82) is 0 Å². The topological polar surface area (TPSA) is 71.1 Å². The first-order valence-electron chi connectivity index (χ1n) is 17.0. The Morgan fingerprint density at radius 3 is 1.21 bits per heavy atom. The van der Waals surface area contributed by atoms with Gasteiger partial charge >= 0.3 is 11.9 Å². The fourth-order valence-electron chi connectivity index (χ4n) is 7.05. The summed E-state index contributed by atoms with van der Waals surface area (Å²) in [5, 5.41) is 0. The maximum atomic E-state index is 14.0. The van der Waals surface area contributed by atoms with Crippen molar-refractivity contribution in [2.45, 2.75) is 97.3 Å². The third-order valence-corrected chi connectivity index (χ3v) is 10.2. The molecule has 0 bridgehead atoms. The lowest BCUT2D eigenvalue weighted by Crippen LogP contribution is -2.27. The molecule has 10 heteroatoms. The summed E-state index contributed by atoms with van der Waals surface area (Å²) >= 11 is 0. The number of carbonyl (C=O) groups excluding carboxylic acids is 2. The molecule has 0 radical (unpaired) electrons. The van der Waals surface area contributed by atoms with Crippen molar-refractivity contribution in [3.8, 4) is 23.0 Å². The minimum absolute atomic E-state index is 0.204. The smallest absolute Gasteiger partial charge is 0.314 e. The molecule has 3 aliphatic carbocycles. The van der Waals surface area contributed by atoms with Gasteiger partial charge in [0.25, 0.3) is 0 Å². The molecular weight excluding hydrogens is 616 g/mol. The summed E-state index contributed by atoms with van der Waals surface area (Å²) in [6.45, 7) is 4.48. The Morgan fingerprint density at radius 1 is 0.532 bits per heavy atom. The van der Waals surface area contributed by atoms with Crippen LogP contribution < -0.4 is 18.9 Å². The summed E-state index contributed by atoms with van der Waals surface area (Å²) in [5.41, 5.74) is 0. The lowest BCUT2D eigenvalue weighted by atomic mass is 9.73. The van der Waals surface area contributed by atoms with Gasteiger partial charge in [-0.1, -0.05) is 39.5 Å². The lowest BCUT2D eigenvalue weighted by molar-refractivity contribution is -0.141. The van der Waals surface area contributed by atoms with Gasteiger partial charge in [-0.25, -0.2) is 0 Å². The molecule has 47 heavy (non-hydrogen) atoms. The normalized spacial score (nSPS) is 26.0. The van der Waals surface area contributed by atoms with Crippen molar-refractivity contribution >= 4 is 11.9 Å². The highest BCUT2D eigenvalue weighted by Crippen LogP contribution is 2.39. The third-order valence-electron chi connectivity index (χ3n) is 10.2. The molecule has 0 N–H and O–H groups in total. The van der Waals surface area contributed by atoms with Gasteiger partial charge in [0.1, 0.15) is 0 Å². The van der Waals surface area contributed by atoms with Crippen LogP contribution in [0.15, 0.2) is 24.3 Å². The SMILES string of the molecule is COc1ccc(OC(=O)C2CCC(C)CC2)c(F)c1F.COc1ccc(OC(=O)C2CCC(CC3CCC(C)CC3)CC2)c(F)c1F. The summed E-state index contributed by atoms with van der Waals surface area (Å²) in [6, 6.07) is 4.96. The number of rotatable bonds is 8. The number of carbonyl (C=O) groups is 2. The Kier molecular flexibility index (Phi) is 13.4.